The first-order chi connectivity index (χ1) is 16.0. The van der Waals surface area contributed by atoms with Gasteiger partial charge >= 0.3 is 0 Å². The van der Waals surface area contributed by atoms with Gasteiger partial charge in [0.25, 0.3) is 5.91 Å². The van der Waals surface area contributed by atoms with Gasteiger partial charge in [-0.05, 0) is 48.9 Å². The molecule has 1 N–H and O–H groups in total. The maximum Gasteiger partial charge on any atom is 0.254 e. The van der Waals surface area contributed by atoms with E-state index >= 15 is 0 Å². The van der Waals surface area contributed by atoms with Gasteiger partial charge in [-0.25, -0.2) is 4.68 Å². The third-order valence-corrected chi connectivity index (χ3v) is 6.09. The van der Waals surface area contributed by atoms with Crippen LogP contribution < -0.4 is 5.32 Å². The zero-order valence-corrected chi connectivity index (χ0v) is 21.8. The average molecular weight is 522 g/mol. The van der Waals surface area contributed by atoms with Crippen LogP contribution in [-0.2, 0) is 10.2 Å². The van der Waals surface area contributed by atoms with E-state index < -0.39 is 0 Å². The van der Waals surface area contributed by atoms with Gasteiger partial charge in [0.15, 0.2) is 0 Å². The van der Waals surface area contributed by atoms with Crippen molar-refractivity contribution < 1.29 is 9.59 Å². The largest absolute Gasteiger partial charge is 0.329 e. The van der Waals surface area contributed by atoms with Crippen molar-refractivity contribution >= 4 is 52.4 Å². The minimum Gasteiger partial charge on any atom is -0.329 e. The Labute approximate surface area is 214 Å². The monoisotopic (exact) mass is 520 g/mol. The summed E-state index contributed by atoms with van der Waals surface area (Å²) in [5, 5.41) is 8.95. The van der Waals surface area contributed by atoms with Crippen molar-refractivity contribution in [2.75, 3.05) is 18.4 Å². The predicted octanol–water partition coefficient (Wildman–Crippen LogP) is 6.62. The van der Waals surface area contributed by atoms with Crippen molar-refractivity contribution in [3.8, 4) is 5.69 Å². The number of amides is 2. The number of hydrogen-bond acceptors (Lipinski definition) is 3. The van der Waals surface area contributed by atoms with E-state index in [2.05, 4.69) is 10.4 Å². The van der Waals surface area contributed by atoms with Crippen molar-refractivity contribution in [2.24, 2.45) is 0 Å². The number of anilines is 1. The molecule has 0 spiro atoms. The molecule has 0 atom stereocenters. The zero-order valence-electron chi connectivity index (χ0n) is 19.5. The molecule has 0 unspecified atom stereocenters. The van der Waals surface area contributed by atoms with Crippen LogP contribution in [0.5, 0.6) is 0 Å². The lowest BCUT2D eigenvalue weighted by Crippen LogP contribution is -2.38. The molecule has 0 saturated carbocycles. The number of nitrogens with zero attached hydrogens (tertiary/aromatic N) is 3. The lowest BCUT2D eigenvalue weighted by molar-refractivity contribution is -0.116. The first kappa shape index (κ1) is 26.1. The molecule has 6 nitrogen and oxygen atoms in total. The SMILES string of the molecule is CCCN(CC(=O)Nc1cc(C(C)(C)C)nn1-c1ccc(Cl)c(Cl)c1)C(=O)c1ccc(Cl)cc1. The molecule has 1 aromatic heterocycles. The fourth-order valence-electron chi connectivity index (χ4n) is 3.30. The number of halogens is 3. The molecule has 0 aliphatic rings. The Morgan fingerprint density at radius 3 is 2.26 bits per heavy atom. The van der Waals surface area contributed by atoms with Crippen LogP contribution in [-0.4, -0.2) is 39.6 Å². The third-order valence-electron chi connectivity index (χ3n) is 5.10. The number of nitrogens with one attached hydrogen (secondary N) is 1. The molecule has 34 heavy (non-hydrogen) atoms. The van der Waals surface area contributed by atoms with Gasteiger partial charge in [0, 0.05) is 28.6 Å². The van der Waals surface area contributed by atoms with Crippen LogP contribution >= 0.6 is 34.8 Å². The van der Waals surface area contributed by atoms with Crippen molar-refractivity contribution in [1.29, 1.82) is 0 Å². The van der Waals surface area contributed by atoms with Gasteiger partial charge in [-0.2, -0.15) is 5.10 Å². The Kier molecular flexibility index (Phi) is 8.29. The molecular formula is C25H27Cl3N4O2. The van der Waals surface area contributed by atoms with Gasteiger partial charge in [0.1, 0.15) is 12.4 Å². The molecule has 2 amide bonds. The number of benzene rings is 2. The van der Waals surface area contributed by atoms with Gasteiger partial charge < -0.3 is 10.2 Å². The Morgan fingerprint density at radius 2 is 1.68 bits per heavy atom. The number of rotatable bonds is 7. The maximum atomic E-state index is 13.0. The number of carbonyl (C=O) groups is 2. The minimum absolute atomic E-state index is 0.104. The van der Waals surface area contributed by atoms with E-state index in [1.54, 1.807) is 47.1 Å². The molecule has 0 bridgehead atoms. The Balaban J connectivity index is 1.87. The molecule has 3 aromatic rings. The molecule has 0 fully saturated rings. The summed E-state index contributed by atoms with van der Waals surface area (Å²) in [4.78, 5) is 27.5. The zero-order chi connectivity index (χ0) is 25.0. The van der Waals surface area contributed by atoms with Gasteiger partial charge in [0.05, 0.1) is 21.4 Å². The van der Waals surface area contributed by atoms with Crippen LogP contribution in [0.4, 0.5) is 5.82 Å². The number of carbonyl (C=O) groups excluding carboxylic acids is 2. The van der Waals surface area contributed by atoms with Crippen molar-refractivity contribution in [2.45, 2.75) is 39.5 Å². The number of hydrogen-bond donors (Lipinski definition) is 1. The van der Waals surface area contributed by atoms with E-state index in [-0.39, 0.29) is 23.8 Å². The summed E-state index contributed by atoms with van der Waals surface area (Å²) in [5.41, 5.74) is 1.67. The topological polar surface area (TPSA) is 67.2 Å². The lowest BCUT2D eigenvalue weighted by atomic mass is 9.92. The van der Waals surface area contributed by atoms with Crippen LogP contribution in [0.2, 0.25) is 15.1 Å². The Morgan fingerprint density at radius 1 is 1.00 bits per heavy atom. The second kappa shape index (κ2) is 10.8. The van der Waals surface area contributed by atoms with Gasteiger partial charge in [-0.15, -0.1) is 0 Å². The summed E-state index contributed by atoms with van der Waals surface area (Å²) < 4.78 is 1.62. The van der Waals surface area contributed by atoms with Crippen molar-refractivity contribution in [1.82, 2.24) is 14.7 Å². The summed E-state index contributed by atoms with van der Waals surface area (Å²) in [7, 11) is 0. The molecule has 180 valence electrons. The quantitative estimate of drug-likeness (QED) is 0.380. The smallest absolute Gasteiger partial charge is 0.254 e. The summed E-state index contributed by atoms with van der Waals surface area (Å²) in [6.07, 6.45) is 0.710. The summed E-state index contributed by atoms with van der Waals surface area (Å²) >= 11 is 18.2. The molecule has 9 heteroatoms. The van der Waals surface area contributed by atoms with E-state index in [1.165, 1.54) is 4.90 Å². The second-order valence-corrected chi connectivity index (χ2v) is 10.2. The van der Waals surface area contributed by atoms with E-state index in [0.29, 0.717) is 45.1 Å². The maximum absolute atomic E-state index is 13.0. The first-order valence-electron chi connectivity index (χ1n) is 10.9. The van der Waals surface area contributed by atoms with Gasteiger partial charge in [0.2, 0.25) is 5.91 Å². The molecular weight excluding hydrogens is 495 g/mol. The van der Waals surface area contributed by atoms with Crippen molar-refractivity contribution in [3.63, 3.8) is 0 Å². The summed E-state index contributed by atoms with van der Waals surface area (Å²) in [6, 6.07) is 13.6. The highest BCUT2D eigenvalue weighted by molar-refractivity contribution is 6.42. The van der Waals surface area contributed by atoms with Crippen LogP contribution in [0, 0.1) is 0 Å². The predicted molar refractivity (Wildman–Crippen MR) is 139 cm³/mol. The van der Waals surface area contributed by atoms with Gasteiger partial charge in [-0.1, -0.05) is 62.5 Å². The summed E-state index contributed by atoms with van der Waals surface area (Å²) in [5.74, 6) is -0.0943. The van der Waals surface area contributed by atoms with Crippen LogP contribution in [0.1, 0.15) is 50.2 Å². The van der Waals surface area contributed by atoms with Crippen LogP contribution in [0.25, 0.3) is 5.69 Å². The number of aromatic nitrogens is 2. The standard InChI is InChI=1S/C25H27Cl3N4O2/c1-5-12-31(24(34)16-6-8-17(26)9-7-16)15-23(33)29-22-14-21(25(2,3)4)30-32(22)18-10-11-19(27)20(28)13-18/h6-11,13-14H,5,12,15H2,1-4H3,(H,29,33). The molecule has 0 aliphatic heterocycles. The molecule has 0 saturated heterocycles. The summed E-state index contributed by atoms with van der Waals surface area (Å²) in [6.45, 7) is 8.39. The van der Waals surface area contributed by atoms with E-state index in [0.717, 1.165) is 5.69 Å². The second-order valence-electron chi connectivity index (χ2n) is 8.96. The fraction of sp³-hybridized carbons (Fsp3) is 0.320. The Hall–Kier alpha value is -2.54. The highest BCUT2D eigenvalue weighted by Gasteiger charge is 2.23. The Bertz CT molecular complexity index is 1180. The highest BCUT2D eigenvalue weighted by Crippen LogP contribution is 2.29. The average Bonchev–Trinajstić information content (AvgIpc) is 3.19. The fourth-order valence-corrected chi connectivity index (χ4v) is 3.72. The molecule has 2 aromatic carbocycles. The highest BCUT2D eigenvalue weighted by atomic mass is 35.5. The van der Waals surface area contributed by atoms with E-state index in [4.69, 9.17) is 34.8 Å². The van der Waals surface area contributed by atoms with Crippen LogP contribution in [0.3, 0.4) is 0 Å². The molecule has 0 aliphatic carbocycles. The van der Waals surface area contributed by atoms with Crippen LogP contribution in [0.15, 0.2) is 48.5 Å². The normalized spacial score (nSPS) is 11.4. The molecule has 0 radical (unpaired) electrons. The molecule has 3 rings (SSSR count). The third kappa shape index (κ3) is 6.32. The van der Waals surface area contributed by atoms with E-state index in [1.807, 2.05) is 33.8 Å². The van der Waals surface area contributed by atoms with Crippen molar-refractivity contribution in [3.05, 3.63) is 74.9 Å². The lowest BCUT2D eigenvalue weighted by Gasteiger charge is -2.22. The van der Waals surface area contributed by atoms with E-state index in [9.17, 15) is 9.59 Å². The van der Waals surface area contributed by atoms with Gasteiger partial charge in [-0.3, -0.25) is 9.59 Å². The first-order valence-corrected chi connectivity index (χ1v) is 12.0. The molecule has 1 heterocycles. The minimum atomic E-state index is -0.336.